The number of esters is 1. The molecular formula is C15H16BrFO4. The van der Waals surface area contributed by atoms with E-state index in [1.807, 2.05) is 12.1 Å². The molecule has 114 valence electrons. The summed E-state index contributed by atoms with van der Waals surface area (Å²) in [6, 6.07) is 7.65. The molecule has 0 aliphatic rings. The number of furan rings is 1. The minimum absolute atomic E-state index is 0.303. The third kappa shape index (κ3) is 6.44. The van der Waals surface area contributed by atoms with Gasteiger partial charge in [-0.2, -0.15) is 0 Å². The zero-order valence-corrected chi connectivity index (χ0v) is 13.3. The van der Waals surface area contributed by atoms with E-state index in [0.717, 1.165) is 0 Å². The highest BCUT2D eigenvalue weighted by molar-refractivity contribution is 9.10. The summed E-state index contributed by atoms with van der Waals surface area (Å²) in [5.74, 6) is -0.413. The quantitative estimate of drug-likeness (QED) is 0.768. The van der Waals surface area contributed by atoms with E-state index in [-0.39, 0.29) is 5.82 Å². The second-order valence-electron chi connectivity index (χ2n) is 3.88. The van der Waals surface area contributed by atoms with Crippen molar-refractivity contribution in [1.82, 2.24) is 0 Å². The van der Waals surface area contributed by atoms with Crippen molar-refractivity contribution in [3.63, 3.8) is 0 Å². The first-order valence-corrected chi connectivity index (χ1v) is 7.09. The summed E-state index contributed by atoms with van der Waals surface area (Å²) in [6.07, 6.45) is 2.53. The second-order valence-corrected chi connectivity index (χ2v) is 4.73. The zero-order chi connectivity index (χ0) is 15.7. The summed E-state index contributed by atoms with van der Waals surface area (Å²) in [4.78, 5) is 11.3. The van der Waals surface area contributed by atoms with Crippen molar-refractivity contribution in [3.05, 3.63) is 53.1 Å². The summed E-state index contributed by atoms with van der Waals surface area (Å²) >= 11 is 3.15. The summed E-state index contributed by atoms with van der Waals surface area (Å²) in [7, 11) is 0. The number of hydrogen-bond acceptors (Lipinski definition) is 4. The van der Waals surface area contributed by atoms with Crippen LogP contribution in [0, 0.1) is 5.82 Å². The van der Waals surface area contributed by atoms with Crippen LogP contribution in [-0.2, 0) is 9.53 Å². The molecule has 0 aliphatic carbocycles. The van der Waals surface area contributed by atoms with Crippen LogP contribution in [0.2, 0.25) is 0 Å². The molecule has 1 heterocycles. The van der Waals surface area contributed by atoms with Gasteiger partial charge in [-0.1, -0.05) is 0 Å². The summed E-state index contributed by atoms with van der Waals surface area (Å²) < 4.78 is 27.9. The lowest BCUT2D eigenvalue weighted by Crippen LogP contribution is -2.26. The highest BCUT2D eigenvalue weighted by atomic mass is 79.9. The van der Waals surface area contributed by atoms with Crippen LogP contribution in [0.3, 0.4) is 0 Å². The highest BCUT2D eigenvalue weighted by Gasteiger charge is 2.16. The molecule has 1 atom stereocenters. The number of halogens is 2. The molecule has 0 N–H and O–H groups in total. The van der Waals surface area contributed by atoms with Crippen LogP contribution < -0.4 is 4.74 Å². The van der Waals surface area contributed by atoms with Crippen molar-refractivity contribution >= 4 is 21.9 Å². The van der Waals surface area contributed by atoms with Gasteiger partial charge < -0.3 is 13.9 Å². The normalized spacial score (nSPS) is 11.0. The van der Waals surface area contributed by atoms with E-state index < -0.39 is 12.1 Å². The lowest BCUT2D eigenvalue weighted by molar-refractivity contribution is -0.150. The fraction of sp³-hybridized carbons (Fsp3) is 0.267. The van der Waals surface area contributed by atoms with Gasteiger partial charge in [0.2, 0.25) is 0 Å². The SMILES string of the molecule is CCOC(=O)C(C)Oc1ccc(F)cc1Br.c1ccoc1. The van der Waals surface area contributed by atoms with Crippen molar-refractivity contribution < 1.29 is 23.1 Å². The van der Waals surface area contributed by atoms with Crippen molar-refractivity contribution in [1.29, 1.82) is 0 Å². The van der Waals surface area contributed by atoms with Gasteiger partial charge in [0.05, 0.1) is 23.6 Å². The first-order chi connectivity index (χ1) is 10.0. The van der Waals surface area contributed by atoms with E-state index in [0.29, 0.717) is 16.8 Å². The first kappa shape index (κ1) is 17.2. The average molecular weight is 359 g/mol. The topological polar surface area (TPSA) is 48.7 Å². The van der Waals surface area contributed by atoms with Gasteiger partial charge in [0.1, 0.15) is 11.6 Å². The third-order valence-electron chi connectivity index (χ3n) is 2.24. The van der Waals surface area contributed by atoms with Gasteiger partial charge in [0, 0.05) is 0 Å². The molecule has 0 amide bonds. The minimum atomic E-state index is -0.721. The van der Waals surface area contributed by atoms with Crippen LogP contribution >= 0.6 is 15.9 Å². The Morgan fingerprint density at radius 3 is 2.52 bits per heavy atom. The van der Waals surface area contributed by atoms with Crippen LogP contribution in [0.1, 0.15) is 13.8 Å². The number of carbonyl (C=O) groups is 1. The molecule has 21 heavy (non-hydrogen) atoms. The lowest BCUT2D eigenvalue weighted by atomic mass is 10.3. The number of ether oxygens (including phenoxy) is 2. The van der Waals surface area contributed by atoms with Crippen LogP contribution in [0.4, 0.5) is 4.39 Å². The molecule has 2 aromatic rings. The van der Waals surface area contributed by atoms with Gasteiger partial charge in [-0.3, -0.25) is 0 Å². The number of carbonyl (C=O) groups excluding carboxylic acids is 1. The lowest BCUT2D eigenvalue weighted by Gasteiger charge is -2.14. The molecule has 0 saturated carbocycles. The van der Waals surface area contributed by atoms with Crippen LogP contribution in [0.15, 0.2) is 51.7 Å². The van der Waals surface area contributed by atoms with E-state index in [4.69, 9.17) is 9.47 Å². The van der Waals surface area contributed by atoms with Gasteiger partial charge >= 0.3 is 5.97 Å². The molecule has 1 unspecified atom stereocenters. The van der Waals surface area contributed by atoms with Gasteiger partial charge in [-0.25, -0.2) is 9.18 Å². The molecule has 1 aromatic heterocycles. The third-order valence-corrected chi connectivity index (χ3v) is 2.86. The maximum absolute atomic E-state index is 12.8. The molecule has 4 nitrogen and oxygen atoms in total. The molecule has 6 heteroatoms. The Morgan fingerprint density at radius 1 is 1.38 bits per heavy atom. The number of benzene rings is 1. The van der Waals surface area contributed by atoms with Crippen molar-refractivity contribution in [2.75, 3.05) is 6.61 Å². The summed E-state index contributed by atoms with van der Waals surface area (Å²) in [5.41, 5.74) is 0. The average Bonchev–Trinajstić information content (AvgIpc) is 3.01. The summed E-state index contributed by atoms with van der Waals surface area (Å²) in [6.45, 7) is 3.60. The molecule has 1 aromatic carbocycles. The monoisotopic (exact) mass is 358 g/mol. The fourth-order valence-electron chi connectivity index (χ4n) is 1.30. The van der Waals surface area contributed by atoms with E-state index in [2.05, 4.69) is 20.3 Å². The van der Waals surface area contributed by atoms with Crippen LogP contribution in [-0.4, -0.2) is 18.7 Å². The van der Waals surface area contributed by atoms with Crippen molar-refractivity contribution in [2.45, 2.75) is 20.0 Å². The Morgan fingerprint density at radius 2 is 2.05 bits per heavy atom. The van der Waals surface area contributed by atoms with E-state index in [1.54, 1.807) is 26.4 Å². The smallest absolute Gasteiger partial charge is 0.347 e. The molecule has 0 bridgehead atoms. The standard InChI is InChI=1S/C11H12BrFO3.C4H4O/c1-3-15-11(14)7(2)16-10-5-4-8(13)6-9(10)12;1-2-4-5-3-1/h4-7H,3H2,1-2H3;1-4H. The van der Waals surface area contributed by atoms with Gasteiger partial charge in [-0.05, 0) is 60.1 Å². The Kier molecular flexibility index (Phi) is 7.53. The molecule has 0 radical (unpaired) electrons. The van der Waals surface area contributed by atoms with Crippen LogP contribution in [0.25, 0.3) is 0 Å². The Hall–Kier alpha value is -1.82. The predicted octanol–water partition coefficient (Wildman–Crippen LogP) is 4.20. The highest BCUT2D eigenvalue weighted by Crippen LogP contribution is 2.26. The number of rotatable bonds is 4. The number of hydrogen-bond donors (Lipinski definition) is 0. The van der Waals surface area contributed by atoms with Crippen molar-refractivity contribution in [3.8, 4) is 5.75 Å². The predicted molar refractivity (Wildman–Crippen MR) is 79.5 cm³/mol. The van der Waals surface area contributed by atoms with E-state index in [9.17, 15) is 9.18 Å². The van der Waals surface area contributed by atoms with Crippen LogP contribution in [0.5, 0.6) is 5.75 Å². The second kappa shape index (κ2) is 9.18. The minimum Gasteiger partial charge on any atom is -0.478 e. The Bertz CT molecular complexity index is 525. The molecule has 0 saturated heterocycles. The largest absolute Gasteiger partial charge is 0.478 e. The zero-order valence-electron chi connectivity index (χ0n) is 11.7. The molecular weight excluding hydrogens is 343 g/mol. The summed E-state index contributed by atoms with van der Waals surface area (Å²) in [5, 5.41) is 0. The van der Waals surface area contributed by atoms with Gasteiger partial charge in [0.15, 0.2) is 6.10 Å². The molecule has 0 aliphatic heterocycles. The Balaban J connectivity index is 0.000000369. The van der Waals surface area contributed by atoms with Gasteiger partial charge in [-0.15, -0.1) is 0 Å². The van der Waals surface area contributed by atoms with Gasteiger partial charge in [0.25, 0.3) is 0 Å². The first-order valence-electron chi connectivity index (χ1n) is 6.30. The molecule has 0 fully saturated rings. The molecule has 0 spiro atoms. The van der Waals surface area contributed by atoms with E-state index in [1.165, 1.54) is 18.2 Å². The Labute approximate surface area is 131 Å². The maximum atomic E-state index is 12.8. The van der Waals surface area contributed by atoms with E-state index >= 15 is 0 Å². The van der Waals surface area contributed by atoms with Crippen molar-refractivity contribution in [2.24, 2.45) is 0 Å². The fourth-order valence-corrected chi connectivity index (χ4v) is 1.74. The maximum Gasteiger partial charge on any atom is 0.347 e. The molecule has 2 rings (SSSR count).